The third-order valence-electron chi connectivity index (χ3n) is 0.949. The van der Waals surface area contributed by atoms with Crippen molar-refractivity contribution in [1.82, 2.24) is 5.32 Å². The standard InChI is InChI=1S/C7H13NO3.ClH/c1-3-11-7(10)5-8-4-6(2)9;/h8H,3-5H2,1-2H3;1H. The van der Waals surface area contributed by atoms with E-state index in [9.17, 15) is 9.59 Å². The third kappa shape index (κ3) is 9.39. The van der Waals surface area contributed by atoms with Gasteiger partial charge in [-0.2, -0.15) is 0 Å². The first-order valence-electron chi connectivity index (χ1n) is 3.52. The van der Waals surface area contributed by atoms with Gasteiger partial charge in [0.15, 0.2) is 0 Å². The Kier molecular flexibility index (Phi) is 9.86. The molecule has 0 aliphatic carbocycles. The Hall–Kier alpha value is -0.610. The van der Waals surface area contributed by atoms with E-state index in [-0.39, 0.29) is 37.2 Å². The molecule has 0 rings (SSSR count). The van der Waals surface area contributed by atoms with Crippen molar-refractivity contribution in [3.63, 3.8) is 0 Å². The number of ether oxygens (including phenoxy) is 1. The Bertz CT molecular complexity index is 150. The number of Topliss-reactive ketones (excluding diaryl/α,β-unsaturated/α-hetero) is 1. The number of rotatable bonds is 5. The predicted molar refractivity (Wildman–Crippen MR) is 47.4 cm³/mol. The molecule has 0 saturated heterocycles. The number of carbonyl (C=O) groups excluding carboxylic acids is 2. The average molecular weight is 196 g/mol. The van der Waals surface area contributed by atoms with Crippen LogP contribution in [0.3, 0.4) is 0 Å². The lowest BCUT2D eigenvalue weighted by atomic mass is 10.4. The topological polar surface area (TPSA) is 55.4 Å². The second-order valence-corrected chi connectivity index (χ2v) is 2.11. The van der Waals surface area contributed by atoms with Crippen molar-refractivity contribution in [3.8, 4) is 0 Å². The molecule has 0 saturated carbocycles. The SMILES string of the molecule is CCOC(=O)CNCC(C)=O.Cl. The highest BCUT2D eigenvalue weighted by molar-refractivity contribution is 5.85. The van der Waals surface area contributed by atoms with E-state index in [4.69, 9.17) is 0 Å². The number of carbonyl (C=O) groups is 2. The maximum atomic E-state index is 10.6. The summed E-state index contributed by atoms with van der Waals surface area (Å²) < 4.78 is 4.61. The third-order valence-corrected chi connectivity index (χ3v) is 0.949. The number of halogens is 1. The normalized spacial score (nSPS) is 8.50. The lowest BCUT2D eigenvalue weighted by Gasteiger charge is -2.01. The molecule has 0 aromatic carbocycles. The quantitative estimate of drug-likeness (QED) is 0.635. The fourth-order valence-corrected chi connectivity index (χ4v) is 0.553. The molecule has 0 radical (unpaired) electrons. The second-order valence-electron chi connectivity index (χ2n) is 2.11. The number of esters is 1. The van der Waals surface area contributed by atoms with Crippen LogP contribution in [0.25, 0.3) is 0 Å². The van der Waals surface area contributed by atoms with Gasteiger partial charge in [0.1, 0.15) is 5.78 Å². The first kappa shape index (κ1) is 13.9. The van der Waals surface area contributed by atoms with Gasteiger partial charge in [0.05, 0.1) is 19.7 Å². The highest BCUT2D eigenvalue weighted by atomic mass is 35.5. The molecule has 0 unspecified atom stereocenters. The van der Waals surface area contributed by atoms with Crippen LogP contribution in [0.1, 0.15) is 13.8 Å². The van der Waals surface area contributed by atoms with Crippen LogP contribution in [-0.2, 0) is 14.3 Å². The molecule has 0 fully saturated rings. The molecule has 0 heterocycles. The largest absolute Gasteiger partial charge is 0.465 e. The first-order chi connectivity index (χ1) is 5.16. The minimum absolute atomic E-state index is 0. The smallest absolute Gasteiger partial charge is 0.319 e. The second kappa shape index (κ2) is 8.49. The Morgan fingerprint density at radius 1 is 1.33 bits per heavy atom. The zero-order valence-corrected chi connectivity index (χ0v) is 8.07. The van der Waals surface area contributed by atoms with E-state index < -0.39 is 0 Å². The van der Waals surface area contributed by atoms with Gasteiger partial charge < -0.3 is 10.1 Å². The van der Waals surface area contributed by atoms with Gasteiger partial charge in [0, 0.05) is 0 Å². The number of ketones is 1. The van der Waals surface area contributed by atoms with E-state index in [1.54, 1.807) is 6.92 Å². The highest BCUT2D eigenvalue weighted by Crippen LogP contribution is 1.74. The maximum absolute atomic E-state index is 10.6. The monoisotopic (exact) mass is 195 g/mol. The summed E-state index contributed by atoms with van der Waals surface area (Å²) in [5.41, 5.74) is 0. The lowest BCUT2D eigenvalue weighted by molar-refractivity contribution is -0.141. The van der Waals surface area contributed by atoms with Crippen LogP contribution in [-0.4, -0.2) is 31.4 Å². The van der Waals surface area contributed by atoms with E-state index in [0.717, 1.165) is 0 Å². The number of nitrogens with one attached hydrogen (secondary N) is 1. The molecule has 0 spiro atoms. The van der Waals surface area contributed by atoms with Gasteiger partial charge in [-0.1, -0.05) is 0 Å². The van der Waals surface area contributed by atoms with E-state index in [2.05, 4.69) is 10.1 Å². The Morgan fingerprint density at radius 2 is 1.92 bits per heavy atom. The summed E-state index contributed by atoms with van der Waals surface area (Å²) in [7, 11) is 0. The molecular formula is C7H14ClNO3. The summed E-state index contributed by atoms with van der Waals surface area (Å²) in [5.74, 6) is -0.317. The van der Waals surface area contributed by atoms with Gasteiger partial charge in [-0.05, 0) is 13.8 Å². The van der Waals surface area contributed by atoms with Crippen LogP contribution < -0.4 is 5.32 Å². The van der Waals surface area contributed by atoms with E-state index in [0.29, 0.717) is 6.61 Å². The Morgan fingerprint density at radius 3 is 2.33 bits per heavy atom. The molecule has 0 atom stereocenters. The first-order valence-corrected chi connectivity index (χ1v) is 3.52. The molecule has 0 aliphatic heterocycles. The molecule has 1 N–H and O–H groups in total. The van der Waals surface area contributed by atoms with Crippen molar-refractivity contribution in [2.45, 2.75) is 13.8 Å². The molecule has 72 valence electrons. The van der Waals surface area contributed by atoms with Gasteiger partial charge in [-0.25, -0.2) is 0 Å². The molecule has 5 heteroatoms. The van der Waals surface area contributed by atoms with Crippen LogP contribution >= 0.6 is 12.4 Å². The Labute approximate surface area is 78.1 Å². The van der Waals surface area contributed by atoms with Gasteiger partial charge in [0.25, 0.3) is 0 Å². The molecule has 0 aliphatic rings. The fourth-order valence-electron chi connectivity index (χ4n) is 0.553. The number of hydrogen-bond donors (Lipinski definition) is 1. The predicted octanol–water partition coefficient (Wildman–Crippen LogP) is 0.150. The minimum Gasteiger partial charge on any atom is -0.465 e. The highest BCUT2D eigenvalue weighted by Gasteiger charge is 2.00. The van der Waals surface area contributed by atoms with Crippen LogP contribution in [0.4, 0.5) is 0 Å². The van der Waals surface area contributed by atoms with Crippen LogP contribution in [0.2, 0.25) is 0 Å². The summed E-state index contributed by atoms with van der Waals surface area (Å²) in [5, 5.41) is 2.65. The van der Waals surface area contributed by atoms with Crippen molar-refractivity contribution >= 4 is 24.2 Å². The van der Waals surface area contributed by atoms with E-state index >= 15 is 0 Å². The van der Waals surface area contributed by atoms with Crippen molar-refractivity contribution < 1.29 is 14.3 Å². The van der Waals surface area contributed by atoms with Crippen LogP contribution in [0.5, 0.6) is 0 Å². The fraction of sp³-hybridized carbons (Fsp3) is 0.714. The molecule has 0 bridgehead atoms. The lowest BCUT2D eigenvalue weighted by Crippen LogP contribution is -2.28. The summed E-state index contributed by atoms with van der Waals surface area (Å²) in [6, 6.07) is 0. The van der Waals surface area contributed by atoms with Crippen molar-refractivity contribution in [2.24, 2.45) is 0 Å². The summed E-state index contributed by atoms with van der Waals surface area (Å²) >= 11 is 0. The zero-order valence-electron chi connectivity index (χ0n) is 7.25. The Balaban J connectivity index is 0. The molecule has 0 amide bonds. The summed E-state index contributed by atoms with van der Waals surface area (Å²) in [6.07, 6.45) is 0. The van der Waals surface area contributed by atoms with Crippen LogP contribution in [0, 0.1) is 0 Å². The van der Waals surface area contributed by atoms with Gasteiger partial charge >= 0.3 is 5.97 Å². The molecule has 0 aromatic heterocycles. The zero-order chi connectivity index (χ0) is 8.69. The van der Waals surface area contributed by atoms with Crippen LogP contribution in [0.15, 0.2) is 0 Å². The molecule has 0 aromatic rings. The van der Waals surface area contributed by atoms with Gasteiger partial charge in [-0.3, -0.25) is 9.59 Å². The maximum Gasteiger partial charge on any atom is 0.319 e. The average Bonchev–Trinajstić information content (AvgIpc) is 1.87. The minimum atomic E-state index is -0.325. The van der Waals surface area contributed by atoms with Crippen molar-refractivity contribution in [3.05, 3.63) is 0 Å². The van der Waals surface area contributed by atoms with Crippen molar-refractivity contribution in [1.29, 1.82) is 0 Å². The molecular weight excluding hydrogens is 182 g/mol. The summed E-state index contributed by atoms with van der Waals surface area (Å²) in [4.78, 5) is 21.0. The van der Waals surface area contributed by atoms with Gasteiger partial charge in [0.2, 0.25) is 0 Å². The molecule has 12 heavy (non-hydrogen) atoms. The molecule has 4 nitrogen and oxygen atoms in total. The van der Waals surface area contributed by atoms with E-state index in [1.165, 1.54) is 6.92 Å². The van der Waals surface area contributed by atoms with E-state index in [1.807, 2.05) is 0 Å². The van der Waals surface area contributed by atoms with Gasteiger partial charge in [-0.15, -0.1) is 12.4 Å². The summed E-state index contributed by atoms with van der Waals surface area (Å²) in [6.45, 7) is 3.90. The van der Waals surface area contributed by atoms with Crippen molar-refractivity contribution in [2.75, 3.05) is 19.7 Å². The number of hydrogen-bond acceptors (Lipinski definition) is 4.